The van der Waals surface area contributed by atoms with Gasteiger partial charge in [0.25, 0.3) is 0 Å². The van der Waals surface area contributed by atoms with Gasteiger partial charge < -0.3 is 15.0 Å². The van der Waals surface area contributed by atoms with Crippen molar-refractivity contribution in [3.63, 3.8) is 0 Å². The van der Waals surface area contributed by atoms with Crippen LogP contribution in [0.1, 0.15) is 20.8 Å². The molecule has 0 saturated carbocycles. The van der Waals surface area contributed by atoms with Gasteiger partial charge in [0.1, 0.15) is 0 Å². The molecule has 0 aromatic rings. The standard InChI is InChI=1S/C14H29N3O2/c1-5-15-6-7-17-8-9-19-13(11-17)10-16(4)14(18)12(2)3/h12-13,15H,5-11H2,1-4H3. The fourth-order valence-corrected chi connectivity index (χ4v) is 2.34. The lowest BCUT2D eigenvalue weighted by Crippen LogP contribution is -2.49. The minimum absolute atomic E-state index is 0.0541. The van der Waals surface area contributed by atoms with E-state index in [1.165, 1.54) is 0 Å². The third-order valence-electron chi connectivity index (χ3n) is 3.43. The predicted octanol–water partition coefficient (Wildman–Crippen LogP) is 0.411. The van der Waals surface area contributed by atoms with Crippen LogP contribution < -0.4 is 5.32 Å². The molecule has 0 bridgehead atoms. The summed E-state index contributed by atoms with van der Waals surface area (Å²) in [6, 6.07) is 0. The molecule has 1 rings (SSSR count). The lowest BCUT2D eigenvalue weighted by molar-refractivity contribution is -0.136. The van der Waals surface area contributed by atoms with E-state index in [0.29, 0.717) is 6.54 Å². The van der Waals surface area contributed by atoms with Crippen LogP contribution in [0.4, 0.5) is 0 Å². The van der Waals surface area contributed by atoms with E-state index in [2.05, 4.69) is 17.1 Å². The van der Waals surface area contributed by atoms with Crippen LogP contribution in [0.25, 0.3) is 0 Å². The van der Waals surface area contributed by atoms with E-state index < -0.39 is 0 Å². The summed E-state index contributed by atoms with van der Waals surface area (Å²) in [6.45, 7) is 12.4. The molecular weight excluding hydrogens is 242 g/mol. The number of amides is 1. The third-order valence-corrected chi connectivity index (χ3v) is 3.43. The lowest BCUT2D eigenvalue weighted by Gasteiger charge is -2.35. The Morgan fingerprint density at radius 2 is 2.26 bits per heavy atom. The Labute approximate surface area is 117 Å². The molecule has 1 aliphatic rings. The highest BCUT2D eigenvalue weighted by molar-refractivity contribution is 5.77. The summed E-state index contributed by atoms with van der Waals surface area (Å²) in [5, 5.41) is 3.34. The molecule has 1 heterocycles. The number of hydrogen-bond acceptors (Lipinski definition) is 4. The molecule has 1 N–H and O–H groups in total. The summed E-state index contributed by atoms with van der Waals surface area (Å²) < 4.78 is 5.76. The quantitative estimate of drug-likeness (QED) is 0.681. The molecule has 1 amide bonds. The average Bonchev–Trinajstić information content (AvgIpc) is 2.38. The Bertz CT molecular complexity index is 271. The zero-order chi connectivity index (χ0) is 14.3. The molecule has 0 aromatic heterocycles. The molecule has 1 unspecified atom stereocenters. The fourth-order valence-electron chi connectivity index (χ4n) is 2.34. The Balaban J connectivity index is 2.32. The van der Waals surface area contributed by atoms with Gasteiger partial charge in [0, 0.05) is 45.7 Å². The number of likely N-dealkylation sites (N-methyl/N-ethyl adjacent to an activating group) is 2. The van der Waals surface area contributed by atoms with Gasteiger partial charge in [-0.15, -0.1) is 0 Å². The maximum absolute atomic E-state index is 11.9. The van der Waals surface area contributed by atoms with Crippen molar-refractivity contribution in [1.82, 2.24) is 15.1 Å². The highest BCUT2D eigenvalue weighted by Crippen LogP contribution is 2.08. The van der Waals surface area contributed by atoms with Crippen molar-refractivity contribution in [2.45, 2.75) is 26.9 Å². The normalized spacial score (nSPS) is 20.8. The molecule has 0 aliphatic carbocycles. The monoisotopic (exact) mass is 271 g/mol. The highest BCUT2D eigenvalue weighted by Gasteiger charge is 2.23. The van der Waals surface area contributed by atoms with E-state index >= 15 is 0 Å². The summed E-state index contributed by atoms with van der Waals surface area (Å²) in [4.78, 5) is 16.1. The van der Waals surface area contributed by atoms with Gasteiger partial charge in [0.2, 0.25) is 5.91 Å². The van der Waals surface area contributed by atoms with Gasteiger partial charge in [0.05, 0.1) is 12.7 Å². The summed E-state index contributed by atoms with van der Waals surface area (Å²) in [5.41, 5.74) is 0. The second-order valence-corrected chi connectivity index (χ2v) is 5.52. The van der Waals surface area contributed by atoms with Crippen molar-refractivity contribution in [3.05, 3.63) is 0 Å². The average molecular weight is 271 g/mol. The van der Waals surface area contributed by atoms with Crippen LogP contribution >= 0.6 is 0 Å². The number of nitrogens with zero attached hydrogens (tertiary/aromatic N) is 2. The number of carbonyl (C=O) groups is 1. The molecule has 112 valence electrons. The zero-order valence-electron chi connectivity index (χ0n) is 12.8. The maximum atomic E-state index is 11.9. The largest absolute Gasteiger partial charge is 0.374 e. The molecule has 1 atom stereocenters. The Kier molecular flexibility index (Phi) is 7.34. The number of morpholine rings is 1. The van der Waals surface area contributed by atoms with Gasteiger partial charge >= 0.3 is 0 Å². The second-order valence-electron chi connectivity index (χ2n) is 5.52. The first-order valence-corrected chi connectivity index (χ1v) is 7.34. The molecule has 5 heteroatoms. The van der Waals surface area contributed by atoms with Crippen molar-refractivity contribution in [1.29, 1.82) is 0 Å². The Hall–Kier alpha value is -0.650. The number of rotatable bonds is 7. The van der Waals surface area contributed by atoms with Crippen LogP contribution in [0.15, 0.2) is 0 Å². The van der Waals surface area contributed by atoms with Crippen LogP contribution in [-0.2, 0) is 9.53 Å². The maximum Gasteiger partial charge on any atom is 0.224 e. The number of ether oxygens (including phenoxy) is 1. The first-order chi connectivity index (χ1) is 9.04. The minimum Gasteiger partial charge on any atom is -0.374 e. The second kappa shape index (κ2) is 8.51. The van der Waals surface area contributed by atoms with Gasteiger partial charge in [0.15, 0.2) is 0 Å². The van der Waals surface area contributed by atoms with Crippen LogP contribution in [-0.4, -0.2) is 74.7 Å². The fraction of sp³-hybridized carbons (Fsp3) is 0.929. The van der Waals surface area contributed by atoms with Gasteiger partial charge in [-0.25, -0.2) is 0 Å². The van der Waals surface area contributed by atoms with Gasteiger partial charge in [-0.3, -0.25) is 9.69 Å². The zero-order valence-corrected chi connectivity index (χ0v) is 12.8. The summed E-state index contributed by atoms with van der Waals surface area (Å²) >= 11 is 0. The van der Waals surface area contributed by atoms with Gasteiger partial charge in [-0.1, -0.05) is 20.8 Å². The summed E-state index contributed by atoms with van der Waals surface area (Å²) in [7, 11) is 1.86. The van der Waals surface area contributed by atoms with E-state index in [9.17, 15) is 4.79 Å². The van der Waals surface area contributed by atoms with E-state index in [-0.39, 0.29) is 17.9 Å². The van der Waals surface area contributed by atoms with Crippen molar-refractivity contribution >= 4 is 5.91 Å². The first-order valence-electron chi connectivity index (χ1n) is 7.34. The predicted molar refractivity (Wildman–Crippen MR) is 77.2 cm³/mol. The summed E-state index contributed by atoms with van der Waals surface area (Å²) in [6.07, 6.45) is 0.142. The van der Waals surface area contributed by atoms with E-state index in [0.717, 1.165) is 39.3 Å². The van der Waals surface area contributed by atoms with Crippen LogP contribution in [0, 0.1) is 5.92 Å². The molecule has 5 nitrogen and oxygen atoms in total. The van der Waals surface area contributed by atoms with Crippen LogP contribution in [0.2, 0.25) is 0 Å². The summed E-state index contributed by atoms with van der Waals surface area (Å²) in [5.74, 6) is 0.242. The first kappa shape index (κ1) is 16.4. The van der Waals surface area contributed by atoms with Gasteiger partial charge in [-0.2, -0.15) is 0 Å². The molecule has 1 saturated heterocycles. The SMILES string of the molecule is CCNCCN1CCOC(CN(C)C(=O)C(C)C)C1. The smallest absolute Gasteiger partial charge is 0.224 e. The number of carbonyl (C=O) groups excluding carboxylic acids is 1. The minimum atomic E-state index is 0.0541. The van der Waals surface area contributed by atoms with Gasteiger partial charge in [-0.05, 0) is 6.54 Å². The number of hydrogen-bond donors (Lipinski definition) is 1. The molecule has 0 aromatic carbocycles. The van der Waals surface area contributed by atoms with Crippen molar-refractivity contribution < 1.29 is 9.53 Å². The van der Waals surface area contributed by atoms with Crippen molar-refractivity contribution in [3.8, 4) is 0 Å². The number of nitrogens with one attached hydrogen (secondary N) is 1. The molecule has 1 fully saturated rings. The van der Waals surface area contributed by atoms with Crippen LogP contribution in [0.3, 0.4) is 0 Å². The Morgan fingerprint density at radius 1 is 1.53 bits per heavy atom. The van der Waals surface area contributed by atoms with Crippen molar-refractivity contribution in [2.75, 3.05) is 52.9 Å². The Morgan fingerprint density at radius 3 is 2.89 bits per heavy atom. The topological polar surface area (TPSA) is 44.8 Å². The molecule has 0 spiro atoms. The van der Waals surface area contributed by atoms with E-state index in [4.69, 9.17) is 4.74 Å². The van der Waals surface area contributed by atoms with E-state index in [1.807, 2.05) is 20.9 Å². The van der Waals surface area contributed by atoms with E-state index in [1.54, 1.807) is 4.90 Å². The third kappa shape index (κ3) is 5.89. The molecule has 19 heavy (non-hydrogen) atoms. The lowest BCUT2D eigenvalue weighted by atomic mass is 10.2. The molecule has 0 radical (unpaired) electrons. The molecule has 1 aliphatic heterocycles. The highest BCUT2D eigenvalue weighted by atomic mass is 16.5. The van der Waals surface area contributed by atoms with Crippen LogP contribution in [0.5, 0.6) is 0 Å². The van der Waals surface area contributed by atoms with Crippen molar-refractivity contribution in [2.24, 2.45) is 5.92 Å². The molecular formula is C14H29N3O2.